The van der Waals surface area contributed by atoms with Crippen LogP contribution in [0.1, 0.15) is 65.5 Å². The molecule has 274 valence electrons. The number of aromatic nitrogens is 2. The van der Waals surface area contributed by atoms with Gasteiger partial charge in [-0.15, -0.1) is 0 Å². The van der Waals surface area contributed by atoms with E-state index in [1.54, 1.807) is 36.7 Å². The van der Waals surface area contributed by atoms with Crippen molar-refractivity contribution in [3.8, 4) is 34.7 Å². The summed E-state index contributed by atoms with van der Waals surface area (Å²) >= 11 is 16.3. The molecule has 0 unspecified atom stereocenters. The van der Waals surface area contributed by atoms with E-state index in [1.807, 2.05) is 89.7 Å². The van der Waals surface area contributed by atoms with Crippen LogP contribution in [0.2, 0.25) is 10.0 Å². The molecule has 6 aromatic rings. The largest absolute Gasteiger partial charge is 0.342 e. The van der Waals surface area contributed by atoms with E-state index in [4.69, 9.17) is 33.7 Å². The molecule has 6 rings (SSSR count). The Labute approximate surface area is 334 Å². The van der Waals surface area contributed by atoms with Crippen LogP contribution in [0.3, 0.4) is 0 Å². The maximum absolute atomic E-state index is 12.4. The Balaban J connectivity index is 0.000000281. The van der Waals surface area contributed by atoms with Crippen molar-refractivity contribution in [3.05, 3.63) is 183 Å². The second kappa shape index (κ2) is 19.0. The van der Waals surface area contributed by atoms with Gasteiger partial charge in [0.1, 0.15) is 0 Å². The Morgan fingerprint density at radius 1 is 0.667 bits per heavy atom. The van der Waals surface area contributed by atoms with Crippen LogP contribution in [0.15, 0.2) is 124 Å². The molecule has 0 fully saturated rings. The van der Waals surface area contributed by atoms with Crippen LogP contribution < -0.4 is 10.9 Å². The zero-order valence-electron chi connectivity index (χ0n) is 28.5. The lowest BCUT2D eigenvalue weighted by Crippen LogP contribution is -2.18. The zero-order chi connectivity index (χ0) is 37.5. The van der Waals surface area contributed by atoms with Crippen molar-refractivity contribution < 1.29 is 4.79 Å². The molecule has 2 aromatic heterocycles. The number of nitriles is 2. The van der Waals surface area contributed by atoms with Gasteiger partial charge in [0, 0.05) is 48.7 Å². The number of ketones is 1. The van der Waals surface area contributed by atoms with E-state index in [0.29, 0.717) is 44.4 Å². The highest BCUT2D eigenvalue weighted by Crippen LogP contribution is 2.32. The number of aryl methyl sites for hydroxylation is 2. The summed E-state index contributed by atoms with van der Waals surface area (Å²) < 4.78 is 4.27. The standard InChI is InChI=1S/C22H17ClN2O2.C20H14BrClN2O.2CH4/c1-14-5-3-8-18(22(14)23)20-10-21(27)19(15(2)26)13-25(20)12-17-7-4-6-16(9-17)11-24;1-13-4-2-7-16(20(13)22)18-9-19(25)17(21)12-24(18)11-15-6-3-5-14(8-15)10-23;;/h3-10,13H,12H2,1-2H3;2-9,12H,11H2,1H3;2*1H4. The van der Waals surface area contributed by atoms with Gasteiger partial charge in [-0.3, -0.25) is 14.4 Å². The van der Waals surface area contributed by atoms with Crippen LogP contribution in [0.4, 0.5) is 0 Å². The van der Waals surface area contributed by atoms with E-state index < -0.39 is 0 Å². The van der Waals surface area contributed by atoms with Crippen LogP contribution in [0.5, 0.6) is 0 Å². The van der Waals surface area contributed by atoms with Crippen molar-refractivity contribution in [2.75, 3.05) is 0 Å². The van der Waals surface area contributed by atoms with Gasteiger partial charge in [0.15, 0.2) is 16.6 Å². The molecular formula is C44H39BrCl2N4O3. The normalized spacial score (nSPS) is 10.1. The molecule has 0 aliphatic heterocycles. The smallest absolute Gasteiger partial charge is 0.196 e. The van der Waals surface area contributed by atoms with Crippen LogP contribution in [0.25, 0.3) is 22.5 Å². The fraction of sp³-hybridized carbons (Fsp3) is 0.159. The van der Waals surface area contributed by atoms with E-state index >= 15 is 0 Å². The van der Waals surface area contributed by atoms with Gasteiger partial charge in [0.2, 0.25) is 0 Å². The average molecular weight is 823 g/mol. The van der Waals surface area contributed by atoms with E-state index in [2.05, 4.69) is 28.1 Å². The summed E-state index contributed by atoms with van der Waals surface area (Å²) in [5.74, 6) is -0.290. The Morgan fingerprint density at radius 3 is 1.54 bits per heavy atom. The molecule has 0 saturated heterocycles. The number of carbonyl (C=O) groups excluding carboxylic acids is 1. The Morgan fingerprint density at radius 2 is 1.09 bits per heavy atom. The first-order valence-corrected chi connectivity index (χ1v) is 17.6. The monoisotopic (exact) mass is 820 g/mol. The molecular weight excluding hydrogens is 783 g/mol. The molecule has 0 bridgehead atoms. The van der Waals surface area contributed by atoms with E-state index in [1.165, 1.54) is 13.0 Å². The quantitative estimate of drug-likeness (QED) is 0.149. The first kappa shape index (κ1) is 42.9. The van der Waals surface area contributed by atoms with Crippen molar-refractivity contribution in [1.29, 1.82) is 10.5 Å². The number of nitrogens with zero attached hydrogens (tertiary/aromatic N) is 4. The van der Waals surface area contributed by atoms with Gasteiger partial charge < -0.3 is 9.13 Å². The minimum atomic E-state index is -0.336. The molecule has 0 aliphatic rings. The first-order chi connectivity index (χ1) is 24.9. The third kappa shape index (κ3) is 9.92. The number of Topliss-reactive ketones (excluding diaryl/α,β-unsaturated/α-hetero) is 1. The Bertz CT molecular complexity index is 2540. The van der Waals surface area contributed by atoms with Gasteiger partial charge in [-0.25, -0.2) is 0 Å². The number of carbonyl (C=O) groups is 1. The van der Waals surface area contributed by atoms with Gasteiger partial charge in [-0.2, -0.15) is 10.5 Å². The molecule has 7 nitrogen and oxygen atoms in total. The molecule has 0 N–H and O–H groups in total. The van der Waals surface area contributed by atoms with Crippen LogP contribution >= 0.6 is 39.1 Å². The van der Waals surface area contributed by atoms with Crippen molar-refractivity contribution in [2.24, 2.45) is 0 Å². The summed E-state index contributed by atoms with van der Waals surface area (Å²) in [6, 6.07) is 33.3. The van der Waals surface area contributed by atoms with E-state index in [-0.39, 0.29) is 37.1 Å². The van der Waals surface area contributed by atoms with Crippen molar-refractivity contribution in [1.82, 2.24) is 9.13 Å². The predicted octanol–water partition coefficient (Wildman–Crippen LogP) is 11.0. The van der Waals surface area contributed by atoms with Gasteiger partial charge in [0.25, 0.3) is 0 Å². The molecule has 0 radical (unpaired) electrons. The third-order valence-electron chi connectivity index (χ3n) is 8.34. The Kier molecular flexibility index (Phi) is 15.1. The lowest BCUT2D eigenvalue weighted by Gasteiger charge is -2.17. The van der Waals surface area contributed by atoms with Crippen LogP contribution in [-0.4, -0.2) is 14.9 Å². The van der Waals surface area contributed by atoms with Crippen molar-refractivity contribution >= 4 is 44.9 Å². The van der Waals surface area contributed by atoms with Crippen LogP contribution in [-0.2, 0) is 13.1 Å². The predicted molar refractivity (Wildman–Crippen MR) is 223 cm³/mol. The number of halogens is 3. The number of benzene rings is 4. The molecule has 0 amide bonds. The summed E-state index contributed by atoms with van der Waals surface area (Å²) in [6.45, 7) is 6.12. The van der Waals surface area contributed by atoms with Crippen molar-refractivity contribution in [3.63, 3.8) is 0 Å². The maximum atomic E-state index is 12.4. The number of hydrogen-bond acceptors (Lipinski definition) is 5. The second-order valence-electron chi connectivity index (χ2n) is 12.1. The van der Waals surface area contributed by atoms with Gasteiger partial charge in [-0.1, -0.05) is 98.7 Å². The summed E-state index contributed by atoms with van der Waals surface area (Å²) in [7, 11) is 0. The SMILES string of the molecule is C.C.CC(=O)c1cn(Cc2cccc(C#N)c2)c(-c2cccc(C)c2Cl)cc1=O.Cc1cccc(-c2cc(=O)c(Br)cn2Cc2cccc(C#N)c2)c1Cl. The average Bonchev–Trinajstić information content (AvgIpc) is 3.13. The topological polar surface area (TPSA) is 109 Å². The highest BCUT2D eigenvalue weighted by molar-refractivity contribution is 9.10. The molecule has 54 heavy (non-hydrogen) atoms. The first-order valence-electron chi connectivity index (χ1n) is 16.0. The minimum Gasteiger partial charge on any atom is -0.342 e. The fourth-order valence-electron chi connectivity index (χ4n) is 5.67. The zero-order valence-corrected chi connectivity index (χ0v) is 31.6. The molecule has 0 atom stereocenters. The third-order valence-corrected chi connectivity index (χ3v) is 9.94. The number of hydrogen-bond donors (Lipinski definition) is 0. The second-order valence-corrected chi connectivity index (χ2v) is 13.7. The van der Waals surface area contributed by atoms with Gasteiger partial charge >= 0.3 is 0 Å². The summed E-state index contributed by atoms with van der Waals surface area (Å²) in [5, 5.41) is 19.4. The summed E-state index contributed by atoms with van der Waals surface area (Å²) in [4.78, 5) is 36.5. The minimum absolute atomic E-state index is 0. The highest BCUT2D eigenvalue weighted by atomic mass is 79.9. The maximum Gasteiger partial charge on any atom is 0.196 e. The fourth-order valence-corrected chi connectivity index (χ4v) is 6.48. The van der Waals surface area contributed by atoms with E-state index in [9.17, 15) is 14.4 Å². The lowest BCUT2D eigenvalue weighted by molar-refractivity contribution is 0.101. The molecule has 4 aromatic carbocycles. The highest BCUT2D eigenvalue weighted by Gasteiger charge is 2.16. The van der Waals surface area contributed by atoms with Crippen molar-refractivity contribution in [2.45, 2.75) is 48.7 Å². The lowest BCUT2D eigenvalue weighted by atomic mass is 10.0. The number of rotatable bonds is 7. The molecule has 2 heterocycles. The van der Waals surface area contributed by atoms with E-state index in [0.717, 1.165) is 39.1 Å². The number of pyridine rings is 2. The molecule has 10 heteroatoms. The Hall–Kier alpha value is -5.51. The molecule has 0 spiro atoms. The van der Waals surface area contributed by atoms with Gasteiger partial charge in [-0.05, 0) is 83.2 Å². The molecule has 0 saturated carbocycles. The van der Waals surface area contributed by atoms with Gasteiger partial charge in [0.05, 0.1) is 54.7 Å². The van der Waals surface area contributed by atoms with Crippen LogP contribution in [0, 0.1) is 36.5 Å². The summed E-state index contributed by atoms with van der Waals surface area (Å²) in [6.07, 6.45) is 3.33. The summed E-state index contributed by atoms with van der Waals surface area (Å²) in [5.41, 5.74) is 7.45. The molecule has 0 aliphatic carbocycles.